The van der Waals surface area contributed by atoms with Crippen LogP contribution >= 0.6 is 11.6 Å². The zero-order valence-electron chi connectivity index (χ0n) is 11.1. The van der Waals surface area contributed by atoms with Crippen molar-refractivity contribution >= 4 is 17.5 Å². The Morgan fingerprint density at radius 3 is 2.42 bits per heavy atom. The van der Waals surface area contributed by atoms with Crippen LogP contribution in [0.5, 0.6) is 0 Å². The highest BCUT2D eigenvalue weighted by Gasteiger charge is 2.50. The van der Waals surface area contributed by atoms with Crippen LogP contribution in [0.1, 0.15) is 62.0 Å². The Balaban J connectivity index is 1.88. The van der Waals surface area contributed by atoms with Gasteiger partial charge in [-0.1, -0.05) is 43.0 Å². The Hall–Kier alpha value is -1.02. The molecule has 19 heavy (non-hydrogen) atoms. The first-order chi connectivity index (χ1) is 9.13. The van der Waals surface area contributed by atoms with Gasteiger partial charge in [0.2, 0.25) is 5.91 Å². The molecule has 2 aliphatic carbocycles. The van der Waals surface area contributed by atoms with Crippen molar-refractivity contribution < 1.29 is 4.79 Å². The van der Waals surface area contributed by atoms with Gasteiger partial charge in [0.15, 0.2) is 0 Å². The molecule has 2 fully saturated rings. The molecule has 0 atom stereocenters. The van der Waals surface area contributed by atoms with Crippen molar-refractivity contribution in [2.24, 2.45) is 5.73 Å². The predicted octanol–water partition coefficient (Wildman–Crippen LogP) is 3.90. The molecule has 0 spiro atoms. The van der Waals surface area contributed by atoms with E-state index in [1.807, 2.05) is 6.07 Å². The van der Waals surface area contributed by atoms with Gasteiger partial charge in [-0.05, 0) is 48.8 Å². The molecule has 2 nitrogen and oxygen atoms in total. The van der Waals surface area contributed by atoms with E-state index in [1.165, 1.54) is 37.7 Å². The first-order valence-electron chi connectivity index (χ1n) is 7.23. The summed E-state index contributed by atoms with van der Waals surface area (Å²) < 4.78 is 0. The highest BCUT2D eigenvalue weighted by molar-refractivity contribution is 6.31. The third-order valence-electron chi connectivity index (χ3n) is 4.82. The fraction of sp³-hybridized carbons (Fsp3) is 0.562. The monoisotopic (exact) mass is 277 g/mol. The van der Waals surface area contributed by atoms with E-state index in [-0.39, 0.29) is 5.91 Å². The lowest BCUT2D eigenvalue weighted by Crippen LogP contribution is -2.28. The van der Waals surface area contributed by atoms with Gasteiger partial charge in [0.25, 0.3) is 0 Å². The maximum absolute atomic E-state index is 11.6. The van der Waals surface area contributed by atoms with Crippen LogP contribution in [0.25, 0.3) is 0 Å². The summed E-state index contributed by atoms with van der Waals surface area (Å²) in [6.07, 6.45) is 8.14. The standard InChI is InChI=1S/C16H20ClNO/c17-14-10-12(16(8-9-16)15(18)19)6-7-13(14)11-4-2-1-3-5-11/h6-7,10-11H,1-5,8-9H2,(H2,18,19). The van der Waals surface area contributed by atoms with Crippen LogP contribution in [0.4, 0.5) is 0 Å². The Bertz CT molecular complexity index is 501. The summed E-state index contributed by atoms with van der Waals surface area (Å²) in [6.45, 7) is 0. The van der Waals surface area contributed by atoms with E-state index in [0.29, 0.717) is 5.92 Å². The summed E-state index contributed by atoms with van der Waals surface area (Å²) in [5, 5.41) is 0.817. The Kier molecular flexibility index (Phi) is 3.30. The minimum Gasteiger partial charge on any atom is -0.369 e. The van der Waals surface area contributed by atoms with Gasteiger partial charge in [-0.2, -0.15) is 0 Å². The number of rotatable bonds is 3. The molecule has 2 saturated carbocycles. The largest absolute Gasteiger partial charge is 0.369 e. The summed E-state index contributed by atoms with van der Waals surface area (Å²) in [5.41, 5.74) is 7.35. The quantitative estimate of drug-likeness (QED) is 0.894. The molecule has 0 aliphatic heterocycles. The van der Waals surface area contributed by atoms with Gasteiger partial charge < -0.3 is 5.73 Å². The third kappa shape index (κ3) is 2.27. The van der Waals surface area contributed by atoms with E-state index < -0.39 is 5.41 Å². The summed E-state index contributed by atoms with van der Waals surface area (Å²) in [5.74, 6) is 0.382. The summed E-state index contributed by atoms with van der Waals surface area (Å²) >= 11 is 6.45. The molecule has 0 saturated heterocycles. The molecule has 0 radical (unpaired) electrons. The number of primary amides is 1. The number of hydrogen-bond acceptors (Lipinski definition) is 1. The maximum atomic E-state index is 11.6. The highest BCUT2D eigenvalue weighted by Crippen LogP contribution is 2.49. The van der Waals surface area contributed by atoms with Crippen LogP contribution in [0.3, 0.4) is 0 Å². The first-order valence-corrected chi connectivity index (χ1v) is 7.61. The summed E-state index contributed by atoms with van der Waals surface area (Å²) in [7, 11) is 0. The Morgan fingerprint density at radius 1 is 1.21 bits per heavy atom. The number of carbonyl (C=O) groups is 1. The normalized spacial score (nSPS) is 22.2. The number of benzene rings is 1. The molecule has 1 amide bonds. The van der Waals surface area contributed by atoms with Crippen LogP contribution in [-0.4, -0.2) is 5.91 Å². The molecular formula is C16H20ClNO. The number of halogens is 1. The van der Waals surface area contributed by atoms with Crippen molar-refractivity contribution in [3.05, 3.63) is 34.3 Å². The predicted molar refractivity (Wildman–Crippen MR) is 77.4 cm³/mol. The Labute approximate surface area is 119 Å². The molecule has 0 unspecified atom stereocenters. The second kappa shape index (κ2) is 4.82. The van der Waals surface area contributed by atoms with E-state index in [0.717, 1.165) is 23.4 Å². The lowest BCUT2D eigenvalue weighted by molar-refractivity contribution is -0.120. The second-order valence-corrected chi connectivity index (χ2v) is 6.42. The summed E-state index contributed by atoms with van der Waals surface area (Å²) in [4.78, 5) is 11.6. The lowest BCUT2D eigenvalue weighted by Gasteiger charge is -2.24. The molecule has 0 heterocycles. The van der Waals surface area contributed by atoms with Gasteiger partial charge in [-0.15, -0.1) is 0 Å². The van der Waals surface area contributed by atoms with E-state index in [9.17, 15) is 4.79 Å². The minimum atomic E-state index is -0.422. The molecule has 2 aliphatic rings. The van der Waals surface area contributed by atoms with E-state index in [2.05, 4.69) is 12.1 Å². The molecule has 0 aromatic heterocycles. The van der Waals surface area contributed by atoms with Crippen molar-refractivity contribution in [3.63, 3.8) is 0 Å². The molecular weight excluding hydrogens is 258 g/mol. The molecule has 1 aromatic carbocycles. The van der Waals surface area contributed by atoms with Crippen LogP contribution in [0.2, 0.25) is 5.02 Å². The third-order valence-corrected chi connectivity index (χ3v) is 5.15. The van der Waals surface area contributed by atoms with Gasteiger partial charge in [-0.3, -0.25) is 4.79 Å². The number of amides is 1. The second-order valence-electron chi connectivity index (χ2n) is 6.02. The van der Waals surface area contributed by atoms with E-state index in [1.54, 1.807) is 0 Å². The first kappa shape index (κ1) is 13.0. The molecule has 102 valence electrons. The van der Waals surface area contributed by atoms with Crippen LogP contribution in [-0.2, 0) is 10.2 Å². The van der Waals surface area contributed by atoms with Gasteiger partial charge in [0.05, 0.1) is 5.41 Å². The topological polar surface area (TPSA) is 43.1 Å². The van der Waals surface area contributed by atoms with E-state index in [4.69, 9.17) is 17.3 Å². The average Bonchev–Trinajstić information content (AvgIpc) is 3.21. The maximum Gasteiger partial charge on any atom is 0.228 e. The molecule has 0 bridgehead atoms. The molecule has 3 rings (SSSR count). The molecule has 2 N–H and O–H groups in total. The van der Waals surface area contributed by atoms with Crippen molar-refractivity contribution in [1.29, 1.82) is 0 Å². The molecule has 1 aromatic rings. The number of nitrogens with two attached hydrogens (primary N) is 1. The Morgan fingerprint density at radius 2 is 1.89 bits per heavy atom. The highest BCUT2D eigenvalue weighted by atomic mass is 35.5. The fourth-order valence-corrected chi connectivity index (χ4v) is 3.71. The van der Waals surface area contributed by atoms with E-state index >= 15 is 0 Å². The minimum absolute atomic E-state index is 0.214. The van der Waals surface area contributed by atoms with Crippen molar-refractivity contribution in [3.8, 4) is 0 Å². The average molecular weight is 278 g/mol. The van der Waals surface area contributed by atoms with Crippen molar-refractivity contribution in [1.82, 2.24) is 0 Å². The summed E-state index contributed by atoms with van der Waals surface area (Å²) in [6, 6.07) is 6.16. The van der Waals surface area contributed by atoms with Crippen molar-refractivity contribution in [2.75, 3.05) is 0 Å². The smallest absolute Gasteiger partial charge is 0.228 e. The van der Waals surface area contributed by atoms with Crippen LogP contribution < -0.4 is 5.73 Å². The van der Waals surface area contributed by atoms with Gasteiger partial charge >= 0.3 is 0 Å². The fourth-order valence-electron chi connectivity index (χ4n) is 3.37. The van der Waals surface area contributed by atoms with Gasteiger partial charge in [0.1, 0.15) is 0 Å². The number of carbonyl (C=O) groups excluding carboxylic acids is 1. The zero-order chi connectivity index (χ0) is 13.5. The van der Waals surface area contributed by atoms with Gasteiger partial charge in [-0.25, -0.2) is 0 Å². The number of hydrogen-bond donors (Lipinski definition) is 1. The molecule has 3 heteroatoms. The van der Waals surface area contributed by atoms with Crippen LogP contribution in [0, 0.1) is 0 Å². The van der Waals surface area contributed by atoms with Crippen LogP contribution in [0.15, 0.2) is 18.2 Å². The van der Waals surface area contributed by atoms with Crippen molar-refractivity contribution in [2.45, 2.75) is 56.3 Å². The van der Waals surface area contributed by atoms with Gasteiger partial charge in [0, 0.05) is 5.02 Å². The lowest BCUT2D eigenvalue weighted by atomic mass is 9.83. The SMILES string of the molecule is NC(=O)C1(c2ccc(C3CCCCC3)c(Cl)c2)CC1. The zero-order valence-corrected chi connectivity index (χ0v) is 11.9.